The molecule has 1 saturated heterocycles. The van der Waals surface area contributed by atoms with Crippen LogP contribution in [0.25, 0.3) is 0 Å². The largest absolute Gasteiger partial charge is 0.462 e. The van der Waals surface area contributed by atoms with Gasteiger partial charge in [-0.3, -0.25) is 0 Å². The Bertz CT molecular complexity index is 621. The average Bonchev–Trinajstić information content (AvgIpc) is 2.56. The number of ether oxygens (including phenoxy) is 1. The summed E-state index contributed by atoms with van der Waals surface area (Å²) in [5.41, 5.74) is 1.11. The van der Waals surface area contributed by atoms with Crippen LogP contribution in [0.5, 0.6) is 5.75 Å². The van der Waals surface area contributed by atoms with Gasteiger partial charge in [-0.25, -0.2) is 0 Å². The average molecular weight is 300 g/mol. The first-order chi connectivity index (χ1) is 10.7. The topological polar surface area (TPSA) is 44.9 Å². The van der Waals surface area contributed by atoms with Crippen LogP contribution < -0.4 is 14.5 Å². The smallest absolute Gasteiger partial charge is 0.232 e. The normalized spacial score (nSPS) is 27.8. The number of benzene rings is 1. The first kappa shape index (κ1) is 13.6. The minimum absolute atomic E-state index is 0.106. The molecule has 0 aliphatic carbocycles. The van der Waals surface area contributed by atoms with Crippen LogP contribution in [0.2, 0.25) is 0 Å². The molecular formula is C16H22N5O+. The van der Waals surface area contributed by atoms with Crippen LogP contribution in [0.15, 0.2) is 46.4 Å². The molecular weight excluding hydrogens is 278 g/mol. The minimum atomic E-state index is -0.248. The highest BCUT2D eigenvalue weighted by molar-refractivity contribution is 5.61. The third-order valence-corrected chi connectivity index (χ3v) is 4.77. The number of nitrogens with zero attached hydrogens (tertiary/aromatic N) is 4. The Kier molecular flexibility index (Phi) is 3.26. The number of nitrogens with one attached hydrogen (secondary N) is 1. The molecule has 0 spiro atoms. The third-order valence-electron chi connectivity index (χ3n) is 4.77. The number of likely N-dealkylation sites (N-methyl/N-ethyl adjacent to an activating group) is 2. The third kappa shape index (κ3) is 2.23. The van der Waals surface area contributed by atoms with Gasteiger partial charge >= 0.3 is 0 Å². The predicted octanol–water partition coefficient (Wildman–Crippen LogP) is 0.347. The molecule has 0 aromatic heterocycles. The van der Waals surface area contributed by atoms with Gasteiger partial charge in [0.2, 0.25) is 6.23 Å². The monoisotopic (exact) mass is 300 g/mol. The minimum Gasteiger partial charge on any atom is -0.462 e. The van der Waals surface area contributed by atoms with Crippen molar-refractivity contribution in [3.05, 3.63) is 36.2 Å². The summed E-state index contributed by atoms with van der Waals surface area (Å²) in [5, 5.41) is 8.84. The Morgan fingerprint density at radius 1 is 1.23 bits per heavy atom. The highest BCUT2D eigenvalue weighted by Gasteiger charge is 2.36. The van der Waals surface area contributed by atoms with E-state index in [0.29, 0.717) is 0 Å². The second kappa shape index (κ2) is 5.28. The number of hydrogen-bond acceptors (Lipinski definition) is 5. The van der Waals surface area contributed by atoms with Crippen molar-refractivity contribution in [1.82, 2.24) is 4.90 Å². The molecule has 6 heteroatoms. The maximum atomic E-state index is 5.99. The number of fused-ring (bicyclic) bond motifs is 2. The van der Waals surface area contributed by atoms with E-state index in [4.69, 9.17) is 4.74 Å². The highest BCUT2D eigenvalue weighted by atomic mass is 16.5. The van der Waals surface area contributed by atoms with Crippen LogP contribution in [-0.4, -0.2) is 57.4 Å². The molecule has 0 unspecified atom stereocenters. The van der Waals surface area contributed by atoms with Gasteiger partial charge in [-0.2, -0.15) is 0 Å². The molecule has 116 valence electrons. The molecule has 1 N–H and O–H groups in total. The van der Waals surface area contributed by atoms with Crippen molar-refractivity contribution >= 4 is 5.69 Å². The van der Waals surface area contributed by atoms with Gasteiger partial charge in [-0.05, 0) is 18.2 Å². The molecule has 0 radical (unpaired) electrons. The quantitative estimate of drug-likeness (QED) is 0.814. The summed E-state index contributed by atoms with van der Waals surface area (Å²) in [5.74, 6) is 1.87. The Morgan fingerprint density at radius 3 is 2.82 bits per heavy atom. The van der Waals surface area contributed by atoms with Gasteiger partial charge in [0.1, 0.15) is 17.6 Å². The first-order valence-electron chi connectivity index (χ1n) is 7.90. The van der Waals surface area contributed by atoms with E-state index in [-0.39, 0.29) is 12.3 Å². The predicted molar refractivity (Wildman–Crippen MR) is 84.2 cm³/mol. The van der Waals surface area contributed by atoms with Crippen LogP contribution in [-0.2, 0) is 0 Å². The fraction of sp³-hybridized carbons (Fsp3) is 0.500. The molecule has 1 aromatic rings. The second-order valence-electron chi connectivity index (χ2n) is 6.26. The number of azo groups is 1. The van der Waals surface area contributed by atoms with Crippen LogP contribution >= 0.6 is 0 Å². The second-order valence-corrected chi connectivity index (χ2v) is 6.26. The van der Waals surface area contributed by atoms with Gasteiger partial charge in [-0.1, -0.05) is 12.1 Å². The van der Waals surface area contributed by atoms with Crippen LogP contribution in [0, 0.1) is 0 Å². The van der Waals surface area contributed by atoms with E-state index in [9.17, 15) is 0 Å². The van der Waals surface area contributed by atoms with E-state index < -0.39 is 0 Å². The number of hydrogen-bond donors (Lipinski definition) is 1. The SMILES string of the molecule is CN1c2ccccc2O[C@H]2N=NC(N3CC[NH+](C)CC3)=C[C@H]21. The Morgan fingerprint density at radius 2 is 2.00 bits per heavy atom. The zero-order valence-corrected chi connectivity index (χ0v) is 13.1. The maximum Gasteiger partial charge on any atom is 0.232 e. The van der Waals surface area contributed by atoms with E-state index in [1.165, 1.54) is 0 Å². The van der Waals surface area contributed by atoms with Crippen molar-refractivity contribution in [2.45, 2.75) is 12.3 Å². The molecule has 6 nitrogen and oxygen atoms in total. The summed E-state index contributed by atoms with van der Waals surface area (Å²) in [6.45, 7) is 4.37. The van der Waals surface area contributed by atoms with Crippen molar-refractivity contribution in [3.63, 3.8) is 0 Å². The van der Waals surface area contributed by atoms with Crippen molar-refractivity contribution in [2.24, 2.45) is 10.2 Å². The van der Waals surface area contributed by atoms with E-state index in [1.807, 2.05) is 18.2 Å². The fourth-order valence-corrected chi connectivity index (χ4v) is 3.27. The fourth-order valence-electron chi connectivity index (χ4n) is 3.27. The highest BCUT2D eigenvalue weighted by Crippen LogP contribution is 2.37. The van der Waals surface area contributed by atoms with Gasteiger partial charge < -0.3 is 19.4 Å². The summed E-state index contributed by atoms with van der Waals surface area (Å²) >= 11 is 0. The Labute approximate surface area is 130 Å². The number of para-hydroxylation sites is 2. The molecule has 1 fully saturated rings. The van der Waals surface area contributed by atoms with Gasteiger partial charge in [-0.15, -0.1) is 10.2 Å². The van der Waals surface area contributed by atoms with Gasteiger partial charge in [0.15, 0.2) is 0 Å². The van der Waals surface area contributed by atoms with Crippen molar-refractivity contribution < 1.29 is 9.64 Å². The zero-order valence-electron chi connectivity index (χ0n) is 13.1. The molecule has 0 amide bonds. The van der Waals surface area contributed by atoms with Crippen LogP contribution in [0.4, 0.5) is 5.69 Å². The number of anilines is 1. The summed E-state index contributed by atoms with van der Waals surface area (Å²) in [4.78, 5) is 6.15. The van der Waals surface area contributed by atoms with Crippen molar-refractivity contribution in [3.8, 4) is 5.75 Å². The molecule has 1 aromatic carbocycles. The van der Waals surface area contributed by atoms with E-state index in [0.717, 1.165) is 43.4 Å². The number of rotatable bonds is 1. The molecule has 3 heterocycles. The number of quaternary nitrogens is 1. The summed E-state index contributed by atoms with van der Waals surface area (Å²) in [7, 11) is 4.34. The van der Waals surface area contributed by atoms with E-state index >= 15 is 0 Å². The van der Waals surface area contributed by atoms with E-state index in [1.54, 1.807) is 4.90 Å². The van der Waals surface area contributed by atoms with Gasteiger partial charge in [0.05, 0.1) is 38.9 Å². The maximum absolute atomic E-state index is 5.99. The summed E-state index contributed by atoms with van der Waals surface area (Å²) in [6.07, 6.45) is 1.95. The number of piperazine rings is 1. The molecule has 22 heavy (non-hydrogen) atoms. The summed E-state index contributed by atoms with van der Waals surface area (Å²) < 4.78 is 5.99. The van der Waals surface area contributed by atoms with Gasteiger partial charge in [0, 0.05) is 7.05 Å². The summed E-state index contributed by atoms with van der Waals surface area (Å²) in [6, 6.07) is 8.21. The van der Waals surface area contributed by atoms with Crippen molar-refractivity contribution in [1.29, 1.82) is 0 Å². The lowest BCUT2D eigenvalue weighted by atomic mass is 10.1. The molecule has 0 saturated carbocycles. The Balaban J connectivity index is 1.59. The molecule has 4 rings (SSSR count). The zero-order chi connectivity index (χ0) is 15.1. The molecule has 2 atom stereocenters. The van der Waals surface area contributed by atoms with Crippen LogP contribution in [0.1, 0.15) is 0 Å². The van der Waals surface area contributed by atoms with E-state index in [2.05, 4.69) is 46.3 Å². The first-order valence-corrected chi connectivity index (χ1v) is 7.90. The lowest BCUT2D eigenvalue weighted by Crippen LogP contribution is -3.11. The van der Waals surface area contributed by atoms with Crippen molar-refractivity contribution in [2.75, 3.05) is 45.2 Å². The molecule has 0 bridgehead atoms. The Hall–Kier alpha value is -2.08. The lowest BCUT2D eigenvalue weighted by Gasteiger charge is -2.40. The lowest BCUT2D eigenvalue weighted by molar-refractivity contribution is -0.884. The van der Waals surface area contributed by atoms with Crippen LogP contribution in [0.3, 0.4) is 0 Å². The molecule has 3 aliphatic heterocycles. The molecule has 3 aliphatic rings. The van der Waals surface area contributed by atoms with Gasteiger partial charge in [0.25, 0.3) is 0 Å². The standard InChI is InChI=1S/C16H21N5O/c1-19-7-9-21(10-8-19)15-11-13-16(18-17-15)22-14-6-4-3-5-12(14)20(13)2/h3-6,11,13,16H,7-10H2,1-2H3/p+1/t13-,16-/m1/s1.